The molecule has 0 aromatic heterocycles. The Labute approximate surface area is 109 Å². The minimum atomic E-state index is -1.24. The van der Waals surface area contributed by atoms with Crippen LogP contribution in [0.2, 0.25) is 0 Å². The SMILES string of the molecule is O=C([O-])C1=CC2CCNC3C(=O)N1C23.[Na+]. The summed E-state index contributed by atoms with van der Waals surface area (Å²) in [7, 11) is 0. The zero-order chi connectivity index (χ0) is 9.87. The topological polar surface area (TPSA) is 72.5 Å². The van der Waals surface area contributed by atoms with Gasteiger partial charge in [-0.2, -0.15) is 0 Å². The van der Waals surface area contributed by atoms with E-state index in [4.69, 9.17) is 0 Å². The van der Waals surface area contributed by atoms with Gasteiger partial charge >= 0.3 is 29.6 Å². The van der Waals surface area contributed by atoms with Crippen molar-refractivity contribution in [1.82, 2.24) is 10.2 Å². The Morgan fingerprint density at radius 3 is 3.00 bits per heavy atom. The van der Waals surface area contributed by atoms with Gasteiger partial charge in [-0.3, -0.25) is 4.79 Å². The van der Waals surface area contributed by atoms with Gasteiger partial charge in [-0.15, -0.1) is 0 Å². The molecular weight excluding hydrogens is 207 g/mol. The van der Waals surface area contributed by atoms with Crippen LogP contribution in [0.25, 0.3) is 0 Å². The van der Waals surface area contributed by atoms with E-state index < -0.39 is 5.97 Å². The van der Waals surface area contributed by atoms with Gasteiger partial charge in [0.15, 0.2) is 0 Å². The van der Waals surface area contributed by atoms with Crippen molar-refractivity contribution in [2.24, 2.45) is 5.92 Å². The van der Waals surface area contributed by atoms with Gasteiger partial charge < -0.3 is 20.1 Å². The Morgan fingerprint density at radius 1 is 1.60 bits per heavy atom. The van der Waals surface area contributed by atoms with E-state index in [1.807, 2.05) is 0 Å². The second kappa shape index (κ2) is 3.59. The number of nitrogens with one attached hydrogen (secondary N) is 1. The number of carboxylic acids is 1. The molecule has 15 heavy (non-hydrogen) atoms. The van der Waals surface area contributed by atoms with E-state index in [-0.39, 0.29) is 59.2 Å². The van der Waals surface area contributed by atoms with Gasteiger partial charge in [-0.1, -0.05) is 6.08 Å². The monoisotopic (exact) mass is 216 g/mol. The van der Waals surface area contributed by atoms with Crippen LogP contribution in [-0.2, 0) is 9.59 Å². The van der Waals surface area contributed by atoms with Crippen LogP contribution in [0.1, 0.15) is 6.42 Å². The molecule has 3 aliphatic heterocycles. The van der Waals surface area contributed by atoms with Gasteiger partial charge in [0.25, 0.3) is 0 Å². The van der Waals surface area contributed by atoms with Gasteiger partial charge in [-0.25, -0.2) is 0 Å². The summed E-state index contributed by atoms with van der Waals surface area (Å²) in [6, 6.07) is -0.133. The molecule has 5 nitrogen and oxygen atoms in total. The van der Waals surface area contributed by atoms with E-state index in [2.05, 4.69) is 5.32 Å². The van der Waals surface area contributed by atoms with Crippen molar-refractivity contribution in [1.29, 1.82) is 0 Å². The molecule has 3 atom stereocenters. The van der Waals surface area contributed by atoms with Crippen LogP contribution >= 0.6 is 0 Å². The number of nitrogens with zero attached hydrogens (tertiary/aromatic N) is 1. The van der Waals surface area contributed by atoms with Gasteiger partial charge in [0.05, 0.1) is 17.7 Å². The molecule has 1 N–H and O–H groups in total. The summed E-state index contributed by atoms with van der Waals surface area (Å²) in [5.74, 6) is -1.18. The molecule has 2 fully saturated rings. The third-order valence-electron chi connectivity index (χ3n) is 3.26. The average Bonchev–Trinajstić information content (AvgIpc) is 2.54. The van der Waals surface area contributed by atoms with Crippen molar-refractivity contribution >= 4 is 11.9 Å². The number of rotatable bonds is 1. The number of carbonyl (C=O) groups is 2. The van der Waals surface area contributed by atoms with Gasteiger partial charge in [-0.05, 0) is 13.0 Å². The quantitative estimate of drug-likeness (QED) is 0.351. The summed E-state index contributed by atoms with van der Waals surface area (Å²) in [5.41, 5.74) is 0.0601. The normalized spacial score (nSPS) is 36.3. The molecule has 2 saturated heterocycles. The van der Waals surface area contributed by atoms with Crippen LogP contribution in [0, 0.1) is 5.92 Å². The van der Waals surface area contributed by atoms with Crippen molar-refractivity contribution in [3.8, 4) is 0 Å². The summed E-state index contributed by atoms with van der Waals surface area (Å²) < 4.78 is 0. The van der Waals surface area contributed by atoms with Crippen molar-refractivity contribution in [2.75, 3.05) is 6.54 Å². The number of hydrogen-bond acceptors (Lipinski definition) is 4. The predicted octanol–water partition coefficient (Wildman–Crippen LogP) is -5.17. The second-order valence-corrected chi connectivity index (χ2v) is 3.92. The first-order valence-electron chi connectivity index (χ1n) is 4.70. The predicted molar refractivity (Wildman–Crippen MR) is 43.6 cm³/mol. The summed E-state index contributed by atoms with van der Waals surface area (Å²) in [5, 5.41) is 13.8. The Balaban J connectivity index is 0.000000853. The Kier molecular flexibility index (Phi) is 2.66. The largest absolute Gasteiger partial charge is 1.00 e. The molecule has 0 aromatic rings. The first kappa shape index (κ1) is 11.1. The fourth-order valence-electron chi connectivity index (χ4n) is 2.64. The van der Waals surface area contributed by atoms with Crippen molar-refractivity contribution < 1.29 is 44.3 Å². The Morgan fingerprint density at radius 2 is 2.33 bits per heavy atom. The molecular formula is C9H9N2NaO3. The van der Waals surface area contributed by atoms with Crippen LogP contribution in [0.15, 0.2) is 11.8 Å². The van der Waals surface area contributed by atoms with Crippen molar-refractivity contribution in [2.45, 2.75) is 18.5 Å². The molecule has 1 amide bonds. The maximum atomic E-state index is 11.5. The number of β-lactam (4-membered cyclic amide) rings is 1. The fourth-order valence-corrected chi connectivity index (χ4v) is 2.64. The van der Waals surface area contributed by atoms with Crippen molar-refractivity contribution in [3.05, 3.63) is 11.8 Å². The van der Waals surface area contributed by atoms with E-state index in [1.54, 1.807) is 6.08 Å². The average molecular weight is 216 g/mol. The Hall–Kier alpha value is -0.360. The number of carboxylic acid groups (broad SMARTS) is 1. The molecule has 0 bridgehead atoms. The minimum Gasteiger partial charge on any atom is -0.543 e. The molecule has 3 rings (SSSR count). The minimum absolute atomic E-state index is 0. The van der Waals surface area contributed by atoms with Crippen LogP contribution < -0.4 is 40.0 Å². The van der Waals surface area contributed by atoms with Gasteiger partial charge in [0.1, 0.15) is 6.04 Å². The third-order valence-corrected chi connectivity index (χ3v) is 3.26. The van der Waals surface area contributed by atoms with Gasteiger partial charge in [0, 0.05) is 5.92 Å². The number of piperidine rings is 1. The summed E-state index contributed by atoms with van der Waals surface area (Å²) in [6.07, 6.45) is 2.56. The van der Waals surface area contributed by atoms with E-state index in [1.165, 1.54) is 4.90 Å². The fraction of sp³-hybridized carbons (Fsp3) is 0.556. The van der Waals surface area contributed by atoms with E-state index in [0.717, 1.165) is 13.0 Å². The summed E-state index contributed by atoms with van der Waals surface area (Å²) >= 11 is 0. The number of amides is 1. The molecule has 0 spiro atoms. The van der Waals surface area contributed by atoms with Crippen molar-refractivity contribution in [3.63, 3.8) is 0 Å². The van der Waals surface area contributed by atoms with Crippen LogP contribution in [-0.4, -0.2) is 35.4 Å². The summed E-state index contributed by atoms with van der Waals surface area (Å²) in [4.78, 5) is 23.6. The molecule has 0 radical (unpaired) electrons. The van der Waals surface area contributed by atoms with Crippen LogP contribution in [0.4, 0.5) is 0 Å². The molecule has 0 aliphatic carbocycles. The molecule has 0 saturated carbocycles. The number of aliphatic carboxylic acids is 1. The third kappa shape index (κ3) is 1.30. The zero-order valence-electron chi connectivity index (χ0n) is 8.40. The molecule has 6 heteroatoms. The van der Waals surface area contributed by atoms with Crippen LogP contribution in [0.5, 0.6) is 0 Å². The van der Waals surface area contributed by atoms with Crippen LogP contribution in [0.3, 0.4) is 0 Å². The first-order chi connectivity index (χ1) is 6.70. The van der Waals surface area contributed by atoms with E-state index in [0.29, 0.717) is 0 Å². The van der Waals surface area contributed by atoms with Gasteiger partial charge in [0.2, 0.25) is 5.91 Å². The summed E-state index contributed by atoms with van der Waals surface area (Å²) in [6.45, 7) is 0.780. The Bertz CT molecular complexity index is 368. The number of carbonyl (C=O) groups excluding carboxylic acids is 2. The molecule has 3 unspecified atom stereocenters. The first-order valence-corrected chi connectivity index (χ1v) is 4.70. The number of hydrogen-bond donors (Lipinski definition) is 1. The molecule has 3 heterocycles. The molecule has 74 valence electrons. The molecule has 3 aliphatic rings. The van der Waals surface area contributed by atoms with E-state index >= 15 is 0 Å². The maximum absolute atomic E-state index is 11.5. The second-order valence-electron chi connectivity index (χ2n) is 3.92. The zero-order valence-corrected chi connectivity index (χ0v) is 10.4. The smallest absolute Gasteiger partial charge is 0.543 e. The maximum Gasteiger partial charge on any atom is 1.00 e. The standard InChI is InChI=1S/C9H10N2O3.Na/c12-8-6-7-4(1-2-10-6)3-5(9(13)14)11(7)8;/h3-4,6-7,10H,1-2H2,(H,13,14);/q;+1/p-1. The van der Waals surface area contributed by atoms with E-state index in [9.17, 15) is 14.7 Å². The molecule has 0 aromatic carbocycles.